The number of unbranched alkanes of at least 4 members (excludes halogenated alkanes) is 2. The summed E-state index contributed by atoms with van der Waals surface area (Å²) < 4.78 is 12.9. The van der Waals surface area contributed by atoms with Crippen LogP contribution < -0.4 is 0 Å². The molecule has 3 nitrogen and oxygen atoms in total. The largest absolute Gasteiger partial charge is 0.399 e. The minimum Gasteiger partial charge on any atom is -0.399 e. The minimum atomic E-state index is -1.08. The zero-order chi connectivity index (χ0) is 16.9. The van der Waals surface area contributed by atoms with Crippen LogP contribution in [0.3, 0.4) is 0 Å². The summed E-state index contributed by atoms with van der Waals surface area (Å²) in [4.78, 5) is 0. The van der Waals surface area contributed by atoms with Crippen molar-refractivity contribution in [1.29, 1.82) is 0 Å². The molecule has 0 unspecified atom stereocenters. The van der Waals surface area contributed by atoms with Crippen LogP contribution in [0, 0.1) is 0 Å². The van der Waals surface area contributed by atoms with Gasteiger partial charge in [-0.1, -0.05) is 59.0 Å². The molecular formula is C15H41NO2Si3. The van der Waals surface area contributed by atoms with Crippen LogP contribution in [-0.4, -0.2) is 50.5 Å². The summed E-state index contributed by atoms with van der Waals surface area (Å²) in [7, 11) is -2.74. The maximum Gasteiger partial charge on any atom is 0.304 e. The first-order valence-corrected chi connectivity index (χ1v) is 16.6. The van der Waals surface area contributed by atoms with Crippen LogP contribution in [0.5, 0.6) is 0 Å². The molecule has 0 aromatic heterocycles. The van der Waals surface area contributed by atoms with Crippen LogP contribution in [-0.2, 0) is 8.85 Å². The van der Waals surface area contributed by atoms with Crippen molar-refractivity contribution in [3.05, 3.63) is 0 Å². The number of hydrogen-bond acceptors (Lipinski definition) is 3. The highest BCUT2D eigenvalue weighted by atomic mass is 28.4. The van der Waals surface area contributed by atoms with Gasteiger partial charge in [-0.3, -0.25) is 0 Å². The molecule has 0 fully saturated rings. The lowest BCUT2D eigenvalue weighted by atomic mass is 10.3. The van der Waals surface area contributed by atoms with E-state index < -0.39 is 26.5 Å². The van der Waals surface area contributed by atoms with Gasteiger partial charge in [-0.25, -0.2) is 0 Å². The molecule has 0 aliphatic rings. The lowest BCUT2D eigenvalue weighted by molar-refractivity contribution is 0.240. The predicted molar refractivity (Wildman–Crippen MR) is 105 cm³/mol. The fraction of sp³-hybridized carbons (Fsp3) is 1.00. The Kier molecular flexibility index (Phi) is 14.7. The molecule has 6 heteroatoms. The molecule has 0 bridgehead atoms. The van der Waals surface area contributed by atoms with Crippen LogP contribution >= 0.6 is 0 Å². The summed E-state index contributed by atoms with van der Waals surface area (Å²) in [5, 5.41) is 0. The average Bonchev–Trinajstić information content (AvgIpc) is 2.33. The SMILES string of the molecule is CCCCCN([Si](C)(C)C)[Si](C)(C)C.CCO[SiH2]OCC. The molecule has 0 radical (unpaired) electrons. The monoisotopic (exact) mass is 351 g/mol. The van der Waals surface area contributed by atoms with E-state index in [1.165, 1.54) is 25.8 Å². The highest BCUT2D eigenvalue weighted by Crippen LogP contribution is 2.20. The Hall–Kier alpha value is 0.531. The van der Waals surface area contributed by atoms with E-state index in [2.05, 4.69) is 50.4 Å². The van der Waals surface area contributed by atoms with E-state index in [4.69, 9.17) is 8.85 Å². The molecule has 0 atom stereocenters. The van der Waals surface area contributed by atoms with Crippen molar-refractivity contribution < 1.29 is 8.85 Å². The second-order valence-electron chi connectivity index (χ2n) is 7.30. The molecule has 0 N–H and O–H groups in total. The van der Waals surface area contributed by atoms with Gasteiger partial charge in [0.05, 0.1) is 0 Å². The van der Waals surface area contributed by atoms with Crippen LogP contribution in [0.1, 0.15) is 40.0 Å². The normalized spacial score (nSPS) is 12.3. The molecule has 0 rings (SSSR count). The van der Waals surface area contributed by atoms with Gasteiger partial charge in [0.2, 0.25) is 0 Å². The first-order chi connectivity index (χ1) is 9.61. The van der Waals surface area contributed by atoms with E-state index in [1.807, 2.05) is 13.8 Å². The maximum atomic E-state index is 4.99. The summed E-state index contributed by atoms with van der Waals surface area (Å²) in [6.07, 6.45) is 4.13. The molecule has 21 heavy (non-hydrogen) atoms. The molecule has 130 valence electrons. The van der Waals surface area contributed by atoms with E-state index in [0.29, 0.717) is 0 Å². The Morgan fingerprint density at radius 2 is 1.19 bits per heavy atom. The Morgan fingerprint density at radius 1 is 0.762 bits per heavy atom. The van der Waals surface area contributed by atoms with Crippen molar-refractivity contribution in [2.45, 2.75) is 79.3 Å². The van der Waals surface area contributed by atoms with Crippen molar-refractivity contribution in [1.82, 2.24) is 4.23 Å². The summed E-state index contributed by atoms with van der Waals surface area (Å²) in [5.41, 5.74) is 0. The van der Waals surface area contributed by atoms with Crippen LogP contribution in [0.4, 0.5) is 0 Å². The Morgan fingerprint density at radius 3 is 1.48 bits per heavy atom. The lowest BCUT2D eigenvalue weighted by Crippen LogP contribution is -2.59. The van der Waals surface area contributed by atoms with Gasteiger partial charge in [0.1, 0.15) is 16.5 Å². The molecule has 0 spiro atoms. The van der Waals surface area contributed by atoms with E-state index in [1.54, 1.807) is 0 Å². The van der Waals surface area contributed by atoms with Crippen LogP contribution in [0.15, 0.2) is 0 Å². The van der Waals surface area contributed by atoms with Gasteiger partial charge in [-0.15, -0.1) is 0 Å². The van der Waals surface area contributed by atoms with Gasteiger partial charge in [0, 0.05) is 13.2 Å². The zero-order valence-electron chi connectivity index (χ0n) is 16.2. The van der Waals surface area contributed by atoms with Gasteiger partial charge >= 0.3 is 10.0 Å². The first kappa shape index (κ1) is 23.8. The van der Waals surface area contributed by atoms with E-state index in [0.717, 1.165) is 13.2 Å². The topological polar surface area (TPSA) is 21.7 Å². The van der Waals surface area contributed by atoms with Gasteiger partial charge in [-0.2, -0.15) is 0 Å². The second-order valence-corrected chi connectivity index (χ2v) is 18.6. The third-order valence-electron chi connectivity index (χ3n) is 3.18. The molecule has 0 amide bonds. The molecule has 0 saturated carbocycles. The smallest absolute Gasteiger partial charge is 0.304 e. The maximum absolute atomic E-state index is 4.99. The molecule has 0 aliphatic carbocycles. The number of hydrogen-bond donors (Lipinski definition) is 0. The summed E-state index contributed by atoms with van der Waals surface area (Å²) in [6, 6.07) is 0. The fourth-order valence-corrected chi connectivity index (χ4v) is 12.6. The van der Waals surface area contributed by atoms with E-state index in [-0.39, 0.29) is 0 Å². The lowest BCUT2D eigenvalue weighted by Gasteiger charge is -2.43. The molecule has 0 aliphatic heterocycles. The highest BCUT2D eigenvalue weighted by Gasteiger charge is 2.33. The fourth-order valence-electron chi connectivity index (χ4n) is 2.42. The van der Waals surface area contributed by atoms with Crippen molar-refractivity contribution in [2.75, 3.05) is 19.8 Å². The molecule has 0 aromatic carbocycles. The molecule has 0 saturated heterocycles. The van der Waals surface area contributed by atoms with Crippen molar-refractivity contribution >= 4 is 26.5 Å². The van der Waals surface area contributed by atoms with Crippen LogP contribution in [0.25, 0.3) is 0 Å². The molecular weight excluding hydrogens is 310 g/mol. The van der Waals surface area contributed by atoms with Gasteiger partial charge in [0.15, 0.2) is 0 Å². The summed E-state index contributed by atoms with van der Waals surface area (Å²) in [5.74, 6) is 0. The van der Waals surface area contributed by atoms with Gasteiger partial charge in [0.25, 0.3) is 0 Å². The van der Waals surface area contributed by atoms with E-state index >= 15 is 0 Å². The average molecular weight is 352 g/mol. The number of rotatable bonds is 10. The third-order valence-corrected chi connectivity index (χ3v) is 12.0. The standard InChI is InChI=1S/C11H29NSi2.C4H12O2Si/c1-8-9-10-11-12(13(2,3)4)14(5,6)7;1-3-5-7-6-4-2/h8-11H2,1-7H3;3-4,7H2,1-2H3. The predicted octanol–water partition coefficient (Wildman–Crippen LogP) is 4.21. The summed E-state index contributed by atoms with van der Waals surface area (Å²) in [6.45, 7) is 24.1. The Balaban J connectivity index is 0. The van der Waals surface area contributed by atoms with Crippen molar-refractivity contribution in [3.63, 3.8) is 0 Å². The highest BCUT2D eigenvalue weighted by molar-refractivity contribution is 6.89. The van der Waals surface area contributed by atoms with Gasteiger partial charge in [-0.05, 0) is 26.8 Å². The quantitative estimate of drug-likeness (QED) is 0.435. The minimum absolute atomic E-state index is 0.589. The van der Waals surface area contributed by atoms with Gasteiger partial charge < -0.3 is 13.1 Å². The Bertz CT molecular complexity index is 210. The zero-order valence-corrected chi connectivity index (χ0v) is 19.6. The Labute approximate surface area is 139 Å². The first-order valence-electron chi connectivity index (χ1n) is 8.54. The molecule has 0 heterocycles. The van der Waals surface area contributed by atoms with Crippen LogP contribution in [0.2, 0.25) is 39.3 Å². The van der Waals surface area contributed by atoms with Crippen molar-refractivity contribution in [3.8, 4) is 0 Å². The second kappa shape index (κ2) is 13.0. The number of nitrogens with zero attached hydrogens (tertiary/aromatic N) is 1. The summed E-state index contributed by atoms with van der Waals surface area (Å²) >= 11 is 0. The van der Waals surface area contributed by atoms with E-state index in [9.17, 15) is 0 Å². The third kappa shape index (κ3) is 15.2. The van der Waals surface area contributed by atoms with Crippen molar-refractivity contribution in [2.24, 2.45) is 0 Å². The molecule has 0 aromatic rings.